The number of carbonyl (C=O) groups is 1. The van der Waals surface area contributed by atoms with Crippen LogP contribution in [0, 0.1) is 0 Å². The van der Waals surface area contributed by atoms with E-state index in [0.29, 0.717) is 6.04 Å². The molecule has 2 aromatic heterocycles. The van der Waals surface area contributed by atoms with Crippen molar-refractivity contribution in [2.75, 3.05) is 13.1 Å². The van der Waals surface area contributed by atoms with Gasteiger partial charge < -0.3 is 4.90 Å². The van der Waals surface area contributed by atoms with E-state index < -0.39 is 0 Å². The Morgan fingerprint density at radius 3 is 2.83 bits per heavy atom. The minimum absolute atomic E-state index is 0.155. The van der Waals surface area contributed by atoms with E-state index in [9.17, 15) is 4.79 Å². The molecule has 0 N–H and O–H groups in total. The molecule has 0 aromatic carbocycles. The highest BCUT2D eigenvalue weighted by atomic mass is 32.1. The molecule has 1 aliphatic rings. The van der Waals surface area contributed by atoms with Crippen molar-refractivity contribution < 1.29 is 4.79 Å². The highest BCUT2D eigenvalue weighted by Gasteiger charge is 2.25. The molecule has 0 aliphatic carbocycles. The molecule has 0 bridgehead atoms. The van der Waals surface area contributed by atoms with Gasteiger partial charge in [0.1, 0.15) is 0 Å². The number of hydrogen-bond donors (Lipinski definition) is 0. The molecule has 3 rings (SSSR count). The lowest BCUT2D eigenvalue weighted by Gasteiger charge is -2.31. The van der Waals surface area contributed by atoms with Crippen molar-refractivity contribution in [3.05, 3.63) is 34.8 Å². The topological polar surface area (TPSA) is 51.0 Å². The maximum Gasteiger partial charge on any atom is 0.263 e. The maximum atomic E-state index is 12.2. The molecular formula is C12H14N4OS. The third-order valence-corrected chi connectivity index (χ3v) is 4.16. The zero-order valence-electron chi connectivity index (χ0n) is 9.90. The van der Waals surface area contributed by atoms with Gasteiger partial charge in [0.25, 0.3) is 5.91 Å². The van der Waals surface area contributed by atoms with Gasteiger partial charge in [0.05, 0.1) is 17.1 Å². The van der Waals surface area contributed by atoms with Crippen LogP contribution in [0.5, 0.6) is 0 Å². The Bertz CT molecular complexity index is 500. The van der Waals surface area contributed by atoms with Crippen LogP contribution < -0.4 is 0 Å². The lowest BCUT2D eigenvalue weighted by Crippen LogP contribution is -2.38. The number of piperidine rings is 1. The quantitative estimate of drug-likeness (QED) is 0.829. The molecule has 2 aromatic rings. The molecular weight excluding hydrogens is 248 g/mol. The maximum absolute atomic E-state index is 12.2. The summed E-state index contributed by atoms with van der Waals surface area (Å²) in [6, 6.07) is 4.18. The van der Waals surface area contributed by atoms with Gasteiger partial charge in [-0.05, 0) is 24.3 Å². The van der Waals surface area contributed by atoms with Gasteiger partial charge >= 0.3 is 0 Å². The summed E-state index contributed by atoms with van der Waals surface area (Å²) in [4.78, 5) is 14.9. The smallest absolute Gasteiger partial charge is 0.263 e. The minimum Gasteiger partial charge on any atom is -0.338 e. The van der Waals surface area contributed by atoms with E-state index in [1.165, 1.54) is 11.3 Å². The molecule has 1 amide bonds. The Kier molecular flexibility index (Phi) is 3.10. The van der Waals surface area contributed by atoms with Crippen molar-refractivity contribution in [3.63, 3.8) is 0 Å². The molecule has 1 fully saturated rings. The van der Waals surface area contributed by atoms with Gasteiger partial charge in [0, 0.05) is 19.3 Å². The van der Waals surface area contributed by atoms with Gasteiger partial charge in [0.2, 0.25) is 0 Å². The molecule has 5 nitrogen and oxygen atoms in total. The van der Waals surface area contributed by atoms with Crippen molar-refractivity contribution in [1.29, 1.82) is 0 Å². The highest BCUT2D eigenvalue weighted by molar-refractivity contribution is 7.12. The molecule has 0 unspecified atom stereocenters. The zero-order valence-corrected chi connectivity index (χ0v) is 10.7. The highest BCUT2D eigenvalue weighted by Crippen LogP contribution is 2.23. The molecule has 94 valence electrons. The second-order valence-electron chi connectivity index (χ2n) is 4.38. The fraction of sp³-hybridized carbons (Fsp3) is 0.417. The molecule has 0 atom stereocenters. The first-order chi connectivity index (χ1) is 8.84. The predicted octanol–water partition coefficient (Wildman–Crippen LogP) is 1.82. The van der Waals surface area contributed by atoms with Crippen molar-refractivity contribution in [2.24, 2.45) is 0 Å². The van der Waals surface area contributed by atoms with Gasteiger partial charge in [-0.25, -0.2) is 4.68 Å². The molecule has 1 saturated heterocycles. The standard InChI is InChI=1S/C12H14N4OS/c17-12(11-2-1-9-18-11)15-6-3-10(4-7-15)16-8-5-13-14-16/h1-2,5,8-10H,3-4,6-7H2. The van der Waals surface area contributed by atoms with E-state index in [2.05, 4.69) is 10.3 Å². The summed E-state index contributed by atoms with van der Waals surface area (Å²) in [5.41, 5.74) is 0. The summed E-state index contributed by atoms with van der Waals surface area (Å²) in [6.45, 7) is 1.59. The van der Waals surface area contributed by atoms with E-state index in [4.69, 9.17) is 0 Å². The Morgan fingerprint density at radius 2 is 2.22 bits per heavy atom. The number of rotatable bonds is 2. The SMILES string of the molecule is O=C(c1cccs1)N1CCC(n2ccnn2)CC1. The first-order valence-corrected chi connectivity index (χ1v) is 6.91. The number of thiophene rings is 1. The summed E-state index contributed by atoms with van der Waals surface area (Å²) in [6.07, 6.45) is 5.48. The average Bonchev–Trinajstić information content (AvgIpc) is 3.11. The van der Waals surface area contributed by atoms with E-state index in [1.54, 1.807) is 6.20 Å². The first-order valence-electron chi connectivity index (χ1n) is 6.03. The van der Waals surface area contributed by atoms with Crippen LogP contribution in [0.1, 0.15) is 28.6 Å². The van der Waals surface area contributed by atoms with Crippen LogP contribution in [0.2, 0.25) is 0 Å². The minimum atomic E-state index is 0.155. The molecule has 0 saturated carbocycles. The number of amides is 1. The summed E-state index contributed by atoms with van der Waals surface area (Å²) in [5.74, 6) is 0.155. The average molecular weight is 262 g/mol. The van der Waals surface area contributed by atoms with E-state index in [1.807, 2.05) is 33.3 Å². The number of aromatic nitrogens is 3. The molecule has 18 heavy (non-hydrogen) atoms. The van der Waals surface area contributed by atoms with Gasteiger partial charge in [0.15, 0.2) is 0 Å². The predicted molar refractivity (Wildman–Crippen MR) is 68.5 cm³/mol. The van der Waals surface area contributed by atoms with E-state index >= 15 is 0 Å². The lowest BCUT2D eigenvalue weighted by molar-refractivity contribution is 0.0694. The van der Waals surface area contributed by atoms with Gasteiger partial charge in [-0.1, -0.05) is 11.3 Å². The molecule has 0 radical (unpaired) electrons. The van der Waals surface area contributed by atoms with Crippen LogP contribution in [-0.4, -0.2) is 38.9 Å². The Hall–Kier alpha value is -1.69. The Morgan fingerprint density at radius 1 is 1.39 bits per heavy atom. The van der Waals surface area contributed by atoms with Gasteiger partial charge in [-0.3, -0.25) is 4.79 Å². The zero-order chi connectivity index (χ0) is 12.4. The molecule has 3 heterocycles. The molecule has 0 spiro atoms. The number of carbonyl (C=O) groups excluding carboxylic acids is 1. The van der Waals surface area contributed by atoms with Crippen LogP contribution >= 0.6 is 11.3 Å². The molecule has 1 aliphatic heterocycles. The van der Waals surface area contributed by atoms with Gasteiger partial charge in [-0.15, -0.1) is 16.4 Å². The number of nitrogens with zero attached hydrogens (tertiary/aromatic N) is 4. The third kappa shape index (κ3) is 2.15. The van der Waals surface area contributed by atoms with Crippen LogP contribution in [0.4, 0.5) is 0 Å². The number of likely N-dealkylation sites (tertiary alicyclic amines) is 1. The summed E-state index contributed by atoms with van der Waals surface area (Å²) >= 11 is 1.50. The normalized spacial score (nSPS) is 17.0. The van der Waals surface area contributed by atoms with E-state index in [-0.39, 0.29) is 5.91 Å². The van der Waals surface area contributed by atoms with Crippen molar-refractivity contribution in [1.82, 2.24) is 19.9 Å². The fourth-order valence-electron chi connectivity index (χ4n) is 2.30. The fourth-order valence-corrected chi connectivity index (χ4v) is 2.99. The molecule has 6 heteroatoms. The monoisotopic (exact) mass is 262 g/mol. The summed E-state index contributed by atoms with van der Waals surface area (Å²) < 4.78 is 1.90. The van der Waals surface area contributed by atoms with Crippen molar-refractivity contribution >= 4 is 17.2 Å². The second-order valence-corrected chi connectivity index (χ2v) is 5.33. The second kappa shape index (κ2) is 4.89. The van der Waals surface area contributed by atoms with Gasteiger partial charge in [-0.2, -0.15) is 0 Å². The summed E-state index contributed by atoms with van der Waals surface area (Å²) in [5, 5.41) is 9.79. The van der Waals surface area contributed by atoms with Crippen LogP contribution in [0.25, 0.3) is 0 Å². The largest absolute Gasteiger partial charge is 0.338 e. The summed E-state index contributed by atoms with van der Waals surface area (Å²) in [7, 11) is 0. The Balaban J connectivity index is 1.62. The lowest BCUT2D eigenvalue weighted by atomic mass is 10.1. The Labute approximate surface area is 109 Å². The first kappa shape index (κ1) is 11.4. The third-order valence-electron chi connectivity index (χ3n) is 3.30. The van der Waals surface area contributed by atoms with Crippen molar-refractivity contribution in [2.45, 2.75) is 18.9 Å². The van der Waals surface area contributed by atoms with E-state index in [0.717, 1.165) is 30.8 Å². The number of hydrogen-bond acceptors (Lipinski definition) is 4. The van der Waals surface area contributed by atoms with Crippen molar-refractivity contribution in [3.8, 4) is 0 Å². The van der Waals surface area contributed by atoms with Crippen LogP contribution in [-0.2, 0) is 0 Å². The van der Waals surface area contributed by atoms with Crippen LogP contribution in [0.15, 0.2) is 29.9 Å². The van der Waals surface area contributed by atoms with Crippen LogP contribution in [0.3, 0.4) is 0 Å².